The number of carbonyl (C=O) groups excluding carboxylic acids is 1. The monoisotopic (exact) mass is 113 g/mol. The molecule has 0 atom stereocenters. The number of hydrogen-bond donors (Lipinski definition) is 2. The highest BCUT2D eigenvalue weighted by Crippen LogP contribution is 1.91. The summed E-state index contributed by atoms with van der Waals surface area (Å²) in [6, 6.07) is 0. The number of nitrogens with one attached hydrogen (secondary N) is 2. The highest BCUT2D eigenvalue weighted by Gasteiger charge is 2.04. The lowest BCUT2D eigenvalue weighted by Crippen LogP contribution is -2.36. The number of rotatable bonds is 0. The molecule has 2 N–H and O–H groups in total. The van der Waals surface area contributed by atoms with Gasteiger partial charge in [0.2, 0.25) is 5.91 Å². The van der Waals surface area contributed by atoms with Crippen LogP contribution >= 0.6 is 0 Å². The van der Waals surface area contributed by atoms with E-state index < -0.39 is 0 Å². The Morgan fingerprint density at radius 1 is 2.00 bits per heavy atom. The van der Waals surface area contributed by atoms with Crippen molar-refractivity contribution in [3.63, 3.8) is 0 Å². The van der Waals surface area contributed by atoms with Gasteiger partial charge in [0.25, 0.3) is 0 Å². The van der Waals surface area contributed by atoms with Crippen LogP contribution in [0.5, 0.6) is 0 Å². The molecule has 1 rings (SSSR count). The van der Waals surface area contributed by atoms with Gasteiger partial charge in [-0.05, 0) is 6.92 Å². The maximum absolute atomic E-state index is 10.7. The molecule has 1 aliphatic heterocycles. The molecular formula is C5H8N2O. The second-order valence-corrected chi connectivity index (χ2v) is 1.66. The minimum Gasteiger partial charge on any atom is -0.373 e. The summed E-state index contributed by atoms with van der Waals surface area (Å²) in [5, 5.41) is 3.69. The lowest BCUT2D eigenvalue weighted by Gasteiger charge is -2.10. The summed E-state index contributed by atoms with van der Waals surface area (Å²) in [4.78, 5) is 10.7. The van der Waals surface area contributed by atoms with Crippen molar-refractivity contribution in [2.45, 2.75) is 6.92 Å². The first-order chi connectivity index (χ1) is 4.20. The van der Waals surface area contributed by atoms with E-state index in [2.05, 4.69) is 5.32 Å². The van der Waals surface area contributed by atoms with E-state index in [-0.39, 0.29) is 12.6 Å². The Morgan fingerprint density at radius 3 is 3.25 bits per heavy atom. The van der Waals surface area contributed by atoms with Gasteiger partial charge in [-0.15, -0.1) is 0 Å². The standard InChI is InChI=1S/C5H8N2O/c1-4-2-6-3-7-5(4)8/h2,6H,3H2,1H3,(H,7,8)/i/hD. The maximum Gasteiger partial charge on any atom is 0.249 e. The predicted octanol–water partition coefficient (Wildman–Crippen LogP) is -0.433. The number of hydrogen-bond acceptors (Lipinski definition) is 2. The third kappa shape index (κ3) is 0.804. The van der Waals surface area contributed by atoms with Crippen molar-refractivity contribution in [1.29, 1.82) is 0 Å². The van der Waals surface area contributed by atoms with Gasteiger partial charge >= 0.3 is 0 Å². The van der Waals surface area contributed by atoms with Crippen LogP contribution in [0.4, 0.5) is 0 Å². The molecule has 44 valence electrons. The molecule has 0 aromatic carbocycles. The molecule has 0 saturated carbocycles. The topological polar surface area (TPSA) is 41.1 Å². The van der Waals surface area contributed by atoms with E-state index in [1.807, 2.05) is 0 Å². The zero-order valence-corrected chi connectivity index (χ0v) is 4.64. The fourth-order valence-electron chi connectivity index (χ4n) is 0.498. The Bertz CT molecular complexity index is 166. The highest BCUT2D eigenvalue weighted by molar-refractivity contribution is 5.93. The summed E-state index contributed by atoms with van der Waals surface area (Å²) in [6.45, 7) is 1.96. The van der Waals surface area contributed by atoms with Gasteiger partial charge in [-0.2, -0.15) is 0 Å². The molecule has 8 heavy (non-hydrogen) atoms. The van der Waals surface area contributed by atoms with Gasteiger partial charge < -0.3 is 10.6 Å². The maximum atomic E-state index is 10.7. The molecule has 0 bridgehead atoms. The van der Waals surface area contributed by atoms with E-state index in [1.165, 1.54) is 11.5 Å². The largest absolute Gasteiger partial charge is 0.373 e. The summed E-state index contributed by atoms with van der Waals surface area (Å²) < 4.78 is 7.03. The SMILES string of the molecule is [2H]N1C=C(C)C(=O)NC1. The lowest BCUT2D eigenvalue weighted by atomic mass is 10.3. The van der Waals surface area contributed by atoms with Crippen LogP contribution in [-0.4, -0.2) is 12.6 Å². The van der Waals surface area contributed by atoms with Gasteiger partial charge in [-0.25, -0.2) is 0 Å². The first-order valence-electron chi connectivity index (χ1n) is 2.87. The first kappa shape index (κ1) is 3.95. The zero-order chi connectivity index (χ0) is 6.85. The van der Waals surface area contributed by atoms with Crippen molar-refractivity contribution in [1.82, 2.24) is 10.6 Å². The van der Waals surface area contributed by atoms with Crippen LogP contribution in [0.15, 0.2) is 11.8 Å². The average molecular weight is 113 g/mol. The molecule has 1 amide bonds. The molecule has 0 spiro atoms. The van der Waals surface area contributed by atoms with E-state index in [4.69, 9.17) is 1.41 Å². The Labute approximate surface area is 49.2 Å². The van der Waals surface area contributed by atoms with E-state index in [0.29, 0.717) is 5.57 Å². The van der Waals surface area contributed by atoms with Crippen LogP contribution in [0.2, 0.25) is 1.41 Å². The molecule has 0 saturated heterocycles. The normalized spacial score (nSPS) is 21.6. The molecule has 0 aromatic rings. The summed E-state index contributed by atoms with van der Waals surface area (Å²) in [5.74, 6) is -0.0847. The molecule has 3 heteroatoms. The van der Waals surface area contributed by atoms with Crippen LogP contribution in [0, 0.1) is 0 Å². The van der Waals surface area contributed by atoms with Crippen LogP contribution in [0.1, 0.15) is 6.92 Å². The molecule has 0 unspecified atom stereocenters. The quantitative estimate of drug-likeness (QED) is 0.447. The van der Waals surface area contributed by atoms with Crippen LogP contribution in [0.25, 0.3) is 0 Å². The van der Waals surface area contributed by atoms with E-state index in [0.717, 1.165) is 0 Å². The molecular weight excluding hydrogens is 104 g/mol. The summed E-state index contributed by atoms with van der Waals surface area (Å²) in [5.41, 5.74) is 0.580. The predicted molar refractivity (Wildman–Crippen MR) is 29.9 cm³/mol. The molecule has 0 aromatic heterocycles. The first-order valence-corrected chi connectivity index (χ1v) is 2.42. The van der Waals surface area contributed by atoms with Crippen molar-refractivity contribution in [2.75, 3.05) is 6.67 Å². The van der Waals surface area contributed by atoms with Gasteiger partial charge in [0.05, 0.1) is 6.67 Å². The second-order valence-electron chi connectivity index (χ2n) is 1.66. The number of amides is 1. The van der Waals surface area contributed by atoms with Crippen molar-refractivity contribution in [3.8, 4) is 0 Å². The molecule has 1 aliphatic rings. The van der Waals surface area contributed by atoms with Crippen molar-refractivity contribution >= 4 is 5.91 Å². The van der Waals surface area contributed by atoms with E-state index in [1.54, 1.807) is 6.92 Å². The summed E-state index contributed by atoms with van der Waals surface area (Å²) in [7, 11) is 0. The average Bonchev–Trinajstić information content (AvgIpc) is 1.80. The Morgan fingerprint density at radius 2 is 2.75 bits per heavy atom. The van der Waals surface area contributed by atoms with Crippen LogP contribution in [-0.2, 0) is 4.79 Å². The van der Waals surface area contributed by atoms with Gasteiger partial charge in [0.1, 0.15) is 0 Å². The van der Waals surface area contributed by atoms with Gasteiger partial charge in [-0.1, -0.05) is 0 Å². The van der Waals surface area contributed by atoms with Crippen LogP contribution in [0.3, 0.4) is 0 Å². The molecule has 1 heterocycles. The lowest BCUT2D eigenvalue weighted by molar-refractivity contribution is -0.117. The third-order valence-corrected chi connectivity index (χ3v) is 0.974. The minimum absolute atomic E-state index is 0.0847. The molecule has 0 aliphatic carbocycles. The van der Waals surface area contributed by atoms with Gasteiger partial charge in [0, 0.05) is 11.8 Å². The summed E-state index contributed by atoms with van der Waals surface area (Å²) in [6.07, 6.45) is 1.50. The molecule has 0 fully saturated rings. The van der Waals surface area contributed by atoms with Crippen molar-refractivity contribution < 1.29 is 6.21 Å². The van der Waals surface area contributed by atoms with Crippen molar-refractivity contribution in [3.05, 3.63) is 11.8 Å². The Hall–Kier alpha value is -0.990. The van der Waals surface area contributed by atoms with Crippen LogP contribution < -0.4 is 10.6 Å². The second kappa shape index (κ2) is 1.86. The fraction of sp³-hybridized carbons (Fsp3) is 0.400. The number of carbonyl (C=O) groups is 1. The van der Waals surface area contributed by atoms with Crippen molar-refractivity contribution in [2.24, 2.45) is 0 Å². The smallest absolute Gasteiger partial charge is 0.249 e. The fourth-order valence-corrected chi connectivity index (χ4v) is 0.498. The third-order valence-electron chi connectivity index (χ3n) is 0.974. The van der Waals surface area contributed by atoms with Gasteiger partial charge in [-0.3, -0.25) is 4.79 Å². The highest BCUT2D eigenvalue weighted by atomic mass is 16.1. The Balaban J connectivity index is 2.72. The minimum atomic E-state index is -0.0847. The van der Waals surface area contributed by atoms with Gasteiger partial charge in [0.15, 0.2) is 1.41 Å². The Kier molecular flexibility index (Phi) is 0.917. The molecule has 0 radical (unpaired) electrons. The van der Waals surface area contributed by atoms with E-state index >= 15 is 0 Å². The molecule has 3 nitrogen and oxygen atoms in total. The zero-order valence-electron chi connectivity index (χ0n) is 5.64. The van der Waals surface area contributed by atoms with E-state index in [9.17, 15) is 4.79 Å². The summed E-state index contributed by atoms with van der Waals surface area (Å²) >= 11 is 0.